The molecule has 0 aliphatic rings. The molecule has 4 aromatic heterocycles. The van der Waals surface area contributed by atoms with Crippen molar-refractivity contribution < 1.29 is 49.1 Å². The summed E-state index contributed by atoms with van der Waals surface area (Å²) >= 11 is 0. The molecule has 73 heavy (non-hydrogen) atoms. The van der Waals surface area contributed by atoms with Crippen LogP contribution in [0.25, 0.3) is 16.6 Å². The highest BCUT2D eigenvalue weighted by Gasteiger charge is 2.34. The number of H-pyrrole nitrogens is 1. The number of ether oxygens (including phenoxy) is 2. The highest BCUT2D eigenvalue weighted by atomic mass is 32.2. The van der Waals surface area contributed by atoms with Crippen molar-refractivity contribution in [1.29, 1.82) is 0 Å². The smallest absolute Gasteiger partial charge is 0.416 e. The molecule has 4 heterocycles. The van der Waals surface area contributed by atoms with Crippen molar-refractivity contribution in [3.05, 3.63) is 210 Å². The molecule has 374 valence electrons. The van der Waals surface area contributed by atoms with Crippen LogP contribution in [0.2, 0.25) is 0 Å². The second kappa shape index (κ2) is 22.0. The second-order valence-corrected chi connectivity index (χ2v) is 20.9. The molecule has 0 atom stereocenters. The number of nitrogens with zero attached hydrogens (tertiary/aromatic N) is 3. The first kappa shape index (κ1) is 51.1. The number of hydrogen-bond donors (Lipinski definition) is 3. The summed E-state index contributed by atoms with van der Waals surface area (Å²) < 4.78 is 106. The molecule has 0 bridgehead atoms. The molecule has 0 unspecified atom stereocenters. The Hall–Kier alpha value is -8.29. The van der Waals surface area contributed by atoms with Crippen LogP contribution in [0.5, 0.6) is 11.5 Å². The minimum atomic E-state index is -4.74. The van der Waals surface area contributed by atoms with E-state index in [0.29, 0.717) is 41.2 Å². The van der Waals surface area contributed by atoms with Crippen LogP contribution in [0, 0.1) is 5.92 Å². The molecule has 0 aliphatic heterocycles. The van der Waals surface area contributed by atoms with Crippen molar-refractivity contribution in [3.63, 3.8) is 0 Å². The number of sulfone groups is 2. The van der Waals surface area contributed by atoms with Crippen molar-refractivity contribution in [2.75, 3.05) is 6.61 Å². The number of halogens is 3. The Morgan fingerprint density at radius 3 is 1.95 bits per heavy atom. The van der Waals surface area contributed by atoms with Gasteiger partial charge in [0.05, 0.1) is 32.4 Å². The maximum atomic E-state index is 13.5. The number of imidazole rings is 1. The molecule has 3 N–H and O–H groups in total. The summed E-state index contributed by atoms with van der Waals surface area (Å²) in [5.74, 6) is 0.249. The van der Waals surface area contributed by atoms with Crippen LogP contribution in [-0.2, 0) is 45.5 Å². The molecule has 0 saturated carbocycles. The van der Waals surface area contributed by atoms with E-state index >= 15 is 0 Å². The van der Waals surface area contributed by atoms with Crippen LogP contribution in [0.3, 0.4) is 0 Å². The van der Waals surface area contributed by atoms with E-state index in [0.717, 1.165) is 39.8 Å². The zero-order chi connectivity index (χ0) is 51.8. The van der Waals surface area contributed by atoms with Gasteiger partial charge < -0.3 is 29.5 Å². The molecule has 9 rings (SSSR count). The van der Waals surface area contributed by atoms with Gasteiger partial charge in [0, 0.05) is 55.0 Å². The Morgan fingerprint density at radius 2 is 1.32 bits per heavy atom. The third-order valence-electron chi connectivity index (χ3n) is 11.2. The van der Waals surface area contributed by atoms with Gasteiger partial charge in [-0.05, 0) is 114 Å². The summed E-state index contributed by atoms with van der Waals surface area (Å²) in [5, 5.41) is 6.38. The first-order valence-electron chi connectivity index (χ1n) is 22.6. The van der Waals surface area contributed by atoms with Gasteiger partial charge in [-0.15, -0.1) is 0 Å². The predicted molar refractivity (Wildman–Crippen MR) is 266 cm³/mol. The van der Waals surface area contributed by atoms with Crippen molar-refractivity contribution in [1.82, 2.24) is 30.0 Å². The minimum Gasteiger partial charge on any atom is -0.493 e. The fourth-order valence-corrected chi connectivity index (χ4v) is 9.96. The molecule has 0 spiro atoms. The fraction of sp³-hybridized carbons (Fsp3) is 0.148. The average Bonchev–Trinajstić information content (AvgIpc) is 4.07. The lowest BCUT2D eigenvalue weighted by Crippen LogP contribution is -2.23. The van der Waals surface area contributed by atoms with Gasteiger partial charge in [0.2, 0.25) is 19.7 Å². The Balaban J connectivity index is 0.000000199. The highest BCUT2D eigenvalue weighted by molar-refractivity contribution is 7.91. The molecule has 14 nitrogen and oxygen atoms in total. The summed E-state index contributed by atoms with van der Waals surface area (Å²) in [6, 6.07) is 36.6. The lowest BCUT2D eigenvalue weighted by atomic mass is 10.2. The standard InChI is InChI=1S/C29H22F3N3O4S.C25H25N3O4S/c30-29(31,32)22-8-11-26(39-18-20-4-2-1-3-5-20)27(15-22)40(37,38)23-9-6-19(7-10-23)16-34-28(36)25-14-21-17-33-13-12-24(21)35-25;1-18(2)17-32-21-6-10-23(11-7-21)33(30,31)22-8-3-19(4-9-22)15-27-25(29)20-5-12-24-26-13-14-28(24)16-20/h1-15,17,35H,16,18H2,(H,34,36);3-14,16,18H,15,17H2,1-2H3,(H,27,29). The quantitative estimate of drug-likeness (QED) is 0.0840. The lowest BCUT2D eigenvalue weighted by Gasteiger charge is -2.15. The van der Waals surface area contributed by atoms with E-state index < -0.39 is 36.3 Å². The number of aromatic nitrogens is 4. The maximum Gasteiger partial charge on any atom is 0.416 e. The number of alkyl halides is 3. The SMILES string of the molecule is CC(C)COc1ccc(S(=O)(=O)c2ccc(CNC(=O)c3ccc4nccn4c3)cc2)cc1.O=C(NCc1ccc(S(=O)(=O)c2cc(C(F)(F)F)ccc2OCc2ccccc2)cc1)c1cc2cnccc2[nH]1. The zero-order valence-corrected chi connectivity index (χ0v) is 40.8. The summed E-state index contributed by atoms with van der Waals surface area (Å²) in [6.45, 7) is 5.02. The van der Waals surface area contributed by atoms with Gasteiger partial charge in [-0.25, -0.2) is 21.8 Å². The Kier molecular flexibility index (Phi) is 15.4. The molecule has 0 fully saturated rings. The van der Waals surface area contributed by atoms with Crippen LogP contribution < -0.4 is 20.1 Å². The Bertz CT molecular complexity index is 3570. The minimum absolute atomic E-state index is 0.0275. The van der Waals surface area contributed by atoms with Crippen LogP contribution in [0.15, 0.2) is 196 Å². The van der Waals surface area contributed by atoms with Crippen molar-refractivity contribution in [3.8, 4) is 11.5 Å². The molecule has 0 saturated heterocycles. The fourth-order valence-electron chi connectivity index (χ4n) is 7.27. The largest absolute Gasteiger partial charge is 0.493 e. The number of rotatable bonds is 16. The van der Waals surface area contributed by atoms with Gasteiger partial charge in [-0.1, -0.05) is 68.4 Å². The van der Waals surface area contributed by atoms with E-state index in [2.05, 4.69) is 25.6 Å². The molecular weight excluding hydrogens is 982 g/mol. The van der Waals surface area contributed by atoms with Gasteiger partial charge in [0.15, 0.2) is 0 Å². The number of pyridine rings is 2. The third kappa shape index (κ3) is 12.6. The Morgan fingerprint density at radius 1 is 0.685 bits per heavy atom. The lowest BCUT2D eigenvalue weighted by molar-refractivity contribution is -0.137. The number of aromatic amines is 1. The van der Waals surface area contributed by atoms with E-state index in [-0.39, 0.29) is 51.9 Å². The first-order valence-corrected chi connectivity index (χ1v) is 25.6. The topological polar surface area (TPSA) is 191 Å². The van der Waals surface area contributed by atoms with Crippen LogP contribution in [0.1, 0.15) is 56.9 Å². The van der Waals surface area contributed by atoms with Gasteiger partial charge >= 0.3 is 6.18 Å². The van der Waals surface area contributed by atoms with Crippen molar-refractivity contribution in [2.45, 2.75) is 59.3 Å². The van der Waals surface area contributed by atoms with E-state index in [1.54, 1.807) is 139 Å². The highest BCUT2D eigenvalue weighted by Crippen LogP contribution is 2.37. The van der Waals surface area contributed by atoms with E-state index in [1.165, 1.54) is 24.3 Å². The van der Waals surface area contributed by atoms with Crippen molar-refractivity contribution in [2.24, 2.45) is 5.92 Å². The number of nitrogens with one attached hydrogen (secondary N) is 3. The number of hydrogen-bond acceptors (Lipinski definition) is 10. The molecule has 0 aliphatic carbocycles. The number of carbonyl (C=O) groups excluding carboxylic acids is 2. The van der Waals surface area contributed by atoms with Crippen LogP contribution >= 0.6 is 0 Å². The van der Waals surface area contributed by atoms with E-state index in [9.17, 15) is 39.6 Å². The van der Waals surface area contributed by atoms with Gasteiger partial charge in [0.1, 0.15) is 34.3 Å². The summed E-state index contributed by atoms with van der Waals surface area (Å²) in [7, 11) is -8.03. The third-order valence-corrected chi connectivity index (χ3v) is 14.8. The van der Waals surface area contributed by atoms with Crippen LogP contribution in [-0.4, -0.2) is 54.6 Å². The predicted octanol–water partition coefficient (Wildman–Crippen LogP) is 10.1. The molecule has 0 radical (unpaired) electrons. The number of fused-ring (bicyclic) bond motifs is 2. The van der Waals surface area contributed by atoms with Crippen molar-refractivity contribution >= 4 is 48.0 Å². The number of benzene rings is 5. The number of carbonyl (C=O) groups is 2. The summed E-state index contributed by atoms with van der Waals surface area (Å²) in [6.07, 6.45) is 3.65. The first-order chi connectivity index (χ1) is 34.9. The molecule has 5 aromatic carbocycles. The van der Waals surface area contributed by atoms with Gasteiger partial charge in [-0.2, -0.15) is 13.2 Å². The summed E-state index contributed by atoms with van der Waals surface area (Å²) in [5.41, 5.74) is 3.39. The summed E-state index contributed by atoms with van der Waals surface area (Å²) in [4.78, 5) is 35.8. The zero-order valence-electron chi connectivity index (χ0n) is 39.2. The van der Waals surface area contributed by atoms with Gasteiger partial charge in [-0.3, -0.25) is 14.6 Å². The van der Waals surface area contributed by atoms with Gasteiger partial charge in [0.25, 0.3) is 11.8 Å². The maximum absolute atomic E-state index is 13.5. The molecule has 19 heteroatoms. The Labute approximate surface area is 418 Å². The average molecular weight is 1030 g/mol. The second-order valence-electron chi connectivity index (χ2n) is 17.0. The normalized spacial score (nSPS) is 11.8. The van der Waals surface area contributed by atoms with E-state index in [4.69, 9.17) is 9.47 Å². The van der Waals surface area contributed by atoms with Crippen LogP contribution in [0.4, 0.5) is 13.2 Å². The van der Waals surface area contributed by atoms with E-state index in [1.807, 2.05) is 13.8 Å². The molecule has 2 amide bonds. The monoisotopic (exact) mass is 1030 g/mol. The molecule has 9 aromatic rings. The number of amides is 2. The molecular formula is C54H47F3N6O8S2.